The fourth-order valence-electron chi connectivity index (χ4n) is 1.17. The van der Waals surface area contributed by atoms with Gasteiger partial charge in [-0.2, -0.15) is 5.10 Å². The van der Waals surface area contributed by atoms with Crippen molar-refractivity contribution < 1.29 is 14.3 Å². The highest BCUT2D eigenvalue weighted by Crippen LogP contribution is 2.00. The molecule has 88 valence electrons. The Labute approximate surface area is 97.9 Å². The van der Waals surface area contributed by atoms with E-state index in [4.69, 9.17) is 9.47 Å². The van der Waals surface area contributed by atoms with Gasteiger partial charge in [0.1, 0.15) is 19.5 Å². The zero-order chi connectivity index (χ0) is 11.9. The Morgan fingerprint density at radius 1 is 1.41 bits per heavy atom. The molecule has 0 spiro atoms. The molecule has 0 aliphatic carbocycles. The first-order chi connectivity index (χ1) is 8.36. The number of hydrogen-bond acceptors (Lipinski definition) is 5. The summed E-state index contributed by atoms with van der Waals surface area (Å²) in [5.41, 5.74) is 2.87. The van der Waals surface area contributed by atoms with Crippen LogP contribution in [0.1, 0.15) is 10.4 Å². The van der Waals surface area contributed by atoms with Gasteiger partial charge in [0.25, 0.3) is 5.91 Å². The quantitative estimate of drug-likeness (QED) is 0.615. The number of carbonyl (C=O) groups excluding carboxylic acids is 1. The van der Waals surface area contributed by atoms with Gasteiger partial charge in [-0.3, -0.25) is 9.78 Å². The summed E-state index contributed by atoms with van der Waals surface area (Å²) < 4.78 is 10.2. The molecule has 17 heavy (non-hydrogen) atoms. The maximum atomic E-state index is 11.5. The number of hydrogen-bond donors (Lipinski definition) is 1. The standard InChI is InChI=1S/C11H11N3O3/c15-11(9-1-3-12-4-2-9)14-13-7-10-8-16-5-6-17-10/h1-4,7-8H,5-6H2,(H,14,15)/b13-7+. The predicted molar refractivity (Wildman–Crippen MR) is 60.2 cm³/mol. The van der Waals surface area contributed by atoms with Crippen molar-refractivity contribution >= 4 is 12.1 Å². The van der Waals surface area contributed by atoms with Gasteiger partial charge in [0, 0.05) is 18.0 Å². The second-order valence-electron chi connectivity index (χ2n) is 3.17. The zero-order valence-electron chi connectivity index (χ0n) is 9.00. The third-order valence-corrected chi connectivity index (χ3v) is 1.97. The molecule has 0 saturated carbocycles. The lowest BCUT2D eigenvalue weighted by molar-refractivity contribution is 0.0945. The van der Waals surface area contributed by atoms with Crippen molar-refractivity contribution in [2.45, 2.75) is 0 Å². The minimum atomic E-state index is -0.305. The monoisotopic (exact) mass is 233 g/mol. The van der Waals surface area contributed by atoms with Gasteiger partial charge in [-0.05, 0) is 12.1 Å². The van der Waals surface area contributed by atoms with Gasteiger partial charge in [-0.15, -0.1) is 0 Å². The average molecular weight is 233 g/mol. The molecule has 0 unspecified atom stereocenters. The molecular weight excluding hydrogens is 222 g/mol. The first-order valence-corrected chi connectivity index (χ1v) is 5.04. The Balaban J connectivity index is 1.88. The molecule has 0 radical (unpaired) electrons. The molecule has 0 atom stereocenters. The third kappa shape index (κ3) is 3.30. The zero-order valence-corrected chi connectivity index (χ0v) is 9.00. The van der Waals surface area contributed by atoms with E-state index in [-0.39, 0.29) is 5.91 Å². The van der Waals surface area contributed by atoms with Crippen LogP contribution in [0.25, 0.3) is 0 Å². The second-order valence-corrected chi connectivity index (χ2v) is 3.17. The van der Waals surface area contributed by atoms with Crippen LogP contribution < -0.4 is 5.43 Å². The Morgan fingerprint density at radius 2 is 2.24 bits per heavy atom. The second kappa shape index (κ2) is 5.64. The number of pyridine rings is 1. The fourth-order valence-corrected chi connectivity index (χ4v) is 1.17. The number of nitrogens with zero attached hydrogens (tertiary/aromatic N) is 2. The van der Waals surface area contributed by atoms with Crippen LogP contribution in [-0.2, 0) is 9.47 Å². The Kier molecular flexibility index (Phi) is 3.69. The van der Waals surface area contributed by atoms with E-state index >= 15 is 0 Å². The molecule has 1 aliphatic rings. The summed E-state index contributed by atoms with van der Waals surface area (Å²) in [6, 6.07) is 3.20. The summed E-state index contributed by atoms with van der Waals surface area (Å²) in [7, 11) is 0. The predicted octanol–water partition coefficient (Wildman–Crippen LogP) is 0.685. The van der Waals surface area contributed by atoms with Crippen LogP contribution in [0.4, 0.5) is 0 Å². The largest absolute Gasteiger partial charge is 0.494 e. The van der Waals surface area contributed by atoms with Gasteiger partial charge in [0.2, 0.25) is 0 Å². The van der Waals surface area contributed by atoms with Gasteiger partial charge in [-0.25, -0.2) is 5.43 Å². The van der Waals surface area contributed by atoms with E-state index in [9.17, 15) is 4.79 Å². The molecule has 0 saturated heterocycles. The van der Waals surface area contributed by atoms with E-state index in [0.29, 0.717) is 24.5 Å². The lowest BCUT2D eigenvalue weighted by Gasteiger charge is -2.11. The number of hydrazone groups is 1. The average Bonchev–Trinajstić information content (AvgIpc) is 2.41. The maximum absolute atomic E-state index is 11.5. The highest BCUT2D eigenvalue weighted by molar-refractivity contribution is 5.94. The number of allylic oxidation sites excluding steroid dienone is 1. The summed E-state index contributed by atoms with van der Waals surface area (Å²) in [5.74, 6) is 0.173. The van der Waals surface area contributed by atoms with Crippen molar-refractivity contribution in [3.8, 4) is 0 Å². The molecule has 6 heteroatoms. The first kappa shape index (κ1) is 11.1. The molecule has 2 heterocycles. The Bertz CT molecular complexity index is 443. The first-order valence-electron chi connectivity index (χ1n) is 5.04. The van der Waals surface area contributed by atoms with Crippen molar-refractivity contribution in [1.82, 2.24) is 10.4 Å². The van der Waals surface area contributed by atoms with E-state index in [1.54, 1.807) is 24.5 Å². The summed E-state index contributed by atoms with van der Waals surface area (Å²) in [6.07, 6.45) is 5.92. The number of ether oxygens (including phenoxy) is 2. The third-order valence-electron chi connectivity index (χ3n) is 1.97. The van der Waals surface area contributed by atoms with Crippen LogP contribution in [0.5, 0.6) is 0 Å². The smallest absolute Gasteiger partial charge is 0.271 e. The van der Waals surface area contributed by atoms with E-state index in [1.807, 2.05) is 0 Å². The minimum Gasteiger partial charge on any atom is -0.494 e. The van der Waals surface area contributed by atoms with Crippen LogP contribution in [0.15, 0.2) is 41.6 Å². The molecule has 0 bridgehead atoms. The molecule has 1 N–H and O–H groups in total. The highest BCUT2D eigenvalue weighted by Gasteiger charge is 2.04. The summed E-state index contributed by atoms with van der Waals surface area (Å²) >= 11 is 0. The molecule has 1 amide bonds. The normalized spacial score (nSPS) is 14.7. The molecule has 1 aromatic rings. The van der Waals surface area contributed by atoms with E-state index < -0.39 is 0 Å². The van der Waals surface area contributed by atoms with E-state index in [0.717, 1.165) is 0 Å². The van der Waals surface area contributed by atoms with Gasteiger partial charge < -0.3 is 9.47 Å². The maximum Gasteiger partial charge on any atom is 0.271 e. The fraction of sp³-hybridized carbons (Fsp3) is 0.182. The van der Waals surface area contributed by atoms with Gasteiger partial charge in [0.05, 0.1) is 6.21 Å². The van der Waals surface area contributed by atoms with Gasteiger partial charge in [0.15, 0.2) is 5.76 Å². The molecule has 2 rings (SSSR count). The number of carbonyl (C=O) groups is 1. The molecule has 1 aromatic heterocycles. The van der Waals surface area contributed by atoms with Crippen molar-refractivity contribution in [1.29, 1.82) is 0 Å². The number of aromatic nitrogens is 1. The van der Waals surface area contributed by atoms with E-state index in [2.05, 4.69) is 15.5 Å². The van der Waals surface area contributed by atoms with Gasteiger partial charge in [-0.1, -0.05) is 0 Å². The molecule has 1 aliphatic heterocycles. The SMILES string of the molecule is O=C(N/N=C/C1=COCCO1)c1ccncc1. The summed E-state index contributed by atoms with van der Waals surface area (Å²) in [6.45, 7) is 1.01. The van der Waals surface area contributed by atoms with Crippen molar-refractivity contribution in [2.75, 3.05) is 13.2 Å². The number of nitrogens with one attached hydrogen (secondary N) is 1. The molecule has 0 aromatic carbocycles. The number of amides is 1. The van der Waals surface area contributed by atoms with E-state index in [1.165, 1.54) is 12.5 Å². The highest BCUT2D eigenvalue weighted by atomic mass is 16.6. The number of rotatable bonds is 3. The van der Waals surface area contributed by atoms with Crippen LogP contribution in [0, 0.1) is 0 Å². The van der Waals surface area contributed by atoms with Crippen LogP contribution in [0.2, 0.25) is 0 Å². The Morgan fingerprint density at radius 3 is 2.94 bits per heavy atom. The van der Waals surface area contributed by atoms with Gasteiger partial charge >= 0.3 is 0 Å². The van der Waals surface area contributed by atoms with Crippen molar-refractivity contribution in [3.63, 3.8) is 0 Å². The summed E-state index contributed by atoms with van der Waals surface area (Å²) in [5, 5.41) is 3.75. The van der Waals surface area contributed by atoms with Crippen LogP contribution in [-0.4, -0.2) is 30.3 Å². The lowest BCUT2D eigenvalue weighted by atomic mass is 10.3. The summed E-state index contributed by atoms with van der Waals surface area (Å²) in [4.78, 5) is 15.4. The van der Waals surface area contributed by atoms with Crippen molar-refractivity contribution in [2.24, 2.45) is 5.10 Å². The molecule has 0 fully saturated rings. The Hall–Kier alpha value is -2.37. The minimum absolute atomic E-state index is 0.305. The molecular formula is C11H11N3O3. The van der Waals surface area contributed by atoms with Crippen molar-refractivity contribution in [3.05, 3.63) is 42.1 Å². The topological polar surface area (TPSA) is 72.8 Å². The molecule has 6 nitrogen and oxygen atoms in total. The lowest BCUT2D eigenvalue weighted by Crippen LogP contribution is -2.18. The van der Waals surface area contributed by atoms with Crippen LogP contribution in [0.3, 0.4) is 0 Å². The van der Waals surface area contributed by atoms with Crippen LogP contribution >= 0.6 is 0 Å².